The fraction of sp³-hybridized carbons (Fsp3) is 0.217. The molecule has 11 heteroatoms. The molecular formula is C23H23F2N5O3S. The van der Waals surface area contributed by atoms with E-state index < -0.39 is 27.7 Å². The van der Waals surface area contributed by atoms with Gasteiger partial charge >= 0.3 is 6.03 Å². The summed E-state index contributed by atoms with van der Waals surface area (Å²) in [5.74, 6) is -0.980. The van der Waals surface area contributed by atoms with Crippen molar-refractivity contribution in [3.63, 3.8) is 0 Å². The molecule has 0 radical (unpaired) electrons. The predicted molar refractivity (Wildman–Crippen MR) is 125 cm³/mol. The first kappa shape index (κ1) is 23.6. The minimum Gasteiger partial charge on any atom is -0.354 e. The van der Waals surface area contributed by atoms with E-state index in [1.807, 2.05) is 11.8 Å². The number of carbonyl (C=O) groups is 1. The lowest BCUT2D eigenvalue weighted by Gasteiger charge is -2.34. The number of aryl methyl sites for hydroxylation is 1. The van der Waals surface area contributed by atoms with Crippen LogP contribution in [0.2, 0.25) is 0 Å². The zero-order valence-corrected chi connectivity index (χ0v) is 19.1. The summed E-state index contributed by atoms with van der Waals surface area (Å²) in [6.07, 6.45) is 1.45. The van der Waals surface area contributed by atoms with Gasteiger partial charge in [0.2, 0.25) is 10.0 Å². The molecule has 34 heavy (non-hydrogen) atoms. The summed E-state index contributed by atoms with van der Waals surface area (Å²) in [7, 11) is -3.55. The molecule has 0 spiro atoms. The van der Waals surface area contributed by atoms with Gasteiger partial charge in [0, 0.05) is 32.2 Å². The maximum Gasteiger partial charge on any atom is 0.323 e. The number of benzene rings is 2. The van der Waals surface area contributed by atoms with Crippen molar-refractivity contribution in [1.29, 1.82) is 0 Å². The minimum atomic E-state index is -3.55. The van der Waals surface area contributed by atoms with Gasteiger partial charge in [-0.25, -0.2) is 27.0 Å². The van der Waals surface area contributed by atoms with Crippen LogP contribution in [0, 0.1) is 18.6 Å². The number of aromatic nitrogens is 1. The van der Waals surface area contributed by atoms with Crippen molar-refractivity contribution in [2.45, 2.75) is 11.8 Å². The minimum absolute atomic E-state index is 0.151. The van der Waals surface area contributed by atoms with Crippen molar-refractivity contribution in [3.8, 4) is 0 Å². The number of urea groups is 1. The molecule has 0 atom stereocenters. The molecular weight excluding hydrogens is 464 g/mol. The number of pyridine rings is 1. The van der Waals surface area contributed by atoms with Gasteiger partial charge in [-0.2, -0.15) is 4.31 Å². The van der Waals surface area contributed by atoms with Crippen LogP contribution < -0.4 is 15.5 Å². The number of carbonyl (C=O) groups excluding carboxylic acids is 1. The van der Waals surface area contributed by atoms with Gasteiger partial charge in [0.05, 0.1) is 22.5 Å². The van der Waals surface area contributed by atoms with E-state index in [0.29, 0.717) is 43.8 Å². The third-order valence-corrected chi connectivity index (χ3v) is 7.32. The summed E-state index contributed by atoms with van der Waals surface area (Å²) in [6.45, 7) is 3.48. The third kappa shape index (κ3) is 5.32. The zero-order chi connectivity index (χ0) is 24.3. The first-order valence-corrected chi connectivity index (χ1v) is 12.0. The fourth-order valence-corrected chi connectivity index (χ4v) is 4.96. The highest BCUT2D eigenvalue weighted by Crippen LogP contribution is 2.22. The molecule has 1 aromatic heterocycles. The molecule has 0 saturated carbocycles. The highest BCUT2D eigenvalue weighted by Gasteiger charge is 2.28. The van der Waals surface area contributed by atoms with Crippen LogP contribution in [0.5, 0.6) is 0 Å². The van der Waals surface area contributed by atoms with Gasteiger partial charge in [0.15, 0.2) is 0 Å². The Hall–Kier alpha value is -3.57. The summed E-state index contributed by atoms with van der Waals surface area (Å²) in [4.78, 5) is 18.7. The van der Waals surface area contributed by atoms with E-state index in [-0.39, 0.29) is 10.6 Å². The van der Waals surface area contributed by atoms with E-state index in [1.54, 1.807) is 36.4 Å². The number of hydrogen-bond acceptors (Lipinski definition) is 5. The highest BCUT2D eigenvalue weighted by molar-refractivity contribution is 7.89. The largest absolute Gasteiger partial charge is 0.354 e. The van der Waals surface area contributed by atoms with Crippen LogP contribution in [0.15, 0.2) is 65.7 Å². The summed E-state index contributed by atoms with van der Waals surface area (Å²) in [6, 6.07) is 12.3. The molecule has 3 aromatic rings. The van der Waals surface area contributed by atoms with E-state index in [9.17, 15) is 22.0 Å². The van der Waals surface area contributed by atoms with Gasteiger partial charge in [0.1, 0.15) is 17.5 Å². The van der Waals surface area contributed by atoms with Crippen molar-refractivity contribution < 1.29 is 22.0 Å². The molecule has 1 saturated heterocycles. The molecule has 0 aliphatic carbocycles. The van der Waals surface area contributed by atoms with Crippen LogP contribution in [-0.4, -0.2) is 49.9 Å². The summed E-state index contributed by atoms with van der Waals surface area (Å²) >= 11 is 0. The molecule has 8 nitrogen and oxygen atoms in total. The molecule has 4 rings (SSSR count). The maximum absolute atomic E-state index is 13.7. The molecule has 0 bridgehead atoms. The topological polar surface area (TPSA) is 94.6 Å². The summed E-state index contributed by atoms with van der Waals surface area (Å²) in [5, 5.41) is 4.84. The molecule has 2 aromatic carbocycles. The van der Waals surface area contributed by atoms with Crippen molar-refractivity contribution in [2.75, 3.05) is 41.7 Å². The molecule has 178 valence electrons. The van der Waals surface area contributed by atoms with E-state index in [2.05, 4.69) is 15.6 Å². The third-order valence-electron chi connectivity index (χ3n) is 5.41. The Labute approximate surface area is 196 Å². The first-order chi connectivity index (χ1) is 16.2. The van der Waals surface area contributed by atoms with E-state index in [1.165, 1.54) is 10.5 Å². The van der Waals surface area contributed by atoms with Crippen LogP contribution in [0.3, 0.4) is 0 Å². The number of nitrogens with zero attached hydrogens (tertiary/aromatic N) is 3. The quantitative estimate of drug-likeness (QED) is 0.571. The van der Waals surface area contributed by atoms with E-state index >= 15 is 0 Å². The number of halogens is 2. The predicted octanol–water partition coefficient (Wildman–Crippen LogP) is 3.82. The van der Waals surface area contributed by atoms with E-state index in [4.69, 9.17) is 0 Å². The second-order valence-corrected chi connectivity index (χ2v) is 9.75. The van der Waals surface area contributed by atoms with Crippen molar-refractivity contribution in [2.24, 2.45) is 0 Å². The highest BCUT2D eigenvalue weighted by atomic mass is 32.2. The van der Waals surface area contributed by atoms with Crippen LogP contribution in [0.25, 0.3) is 0 Å². The molecule has 2 N–H and O–H groups in total. The molecule has 0 unspecified atom stereocenters. The van der Waals surface area contributed by atoms with Gasteiger partial charge in [-0.05, 0) is 43.3 Å². The maximum atomic E-state index is 13.7. The van der Waals surface area contributed by atoms with Crippen LogP contribution >= 0.6 is 0 Å². The monoisotopic (exact) mass is 487 g/mol. The Balaban J connectivity index is 1.33. The number of sulfonamides is 1. The molecule has 1 aliphatic heterocycles. The normalized spacial score (nSPS) is 14.6. The number of hydrogen-bond donors (Lipinski definition) is 2. The molecule has 1 fully saturated rings. The second-order valence-electron chi connectivity index (χ2n) is 7.81. The Morgan fingerprint density at radius 2 is 1.65 bits per heavy atom. The Bertz CT molecular complexity index is 1280. The van der Waals surface area contributed by atoms with Crippen molar-refractivity contribution in [1.82, 2.24) is 9.29 Å². The lowest BCUT2D eigenvalue weighted by atomic mass is 10.2. The first-order valence-electron chi connectivity index (χ1n) is 10.5. The SMILES string of the molecule is Cc1ccc(S(=O)(=O)N2CCN(c3ccc(NC(=O)Nc4ccc(F)cc4F)cn3)CC2)cc1. The van der Waals surface area contributed by atoms with E-state index in [0.717, 1.165) is 17.7 Å². The van der Waals surface area contributed by atoms with Gasteiger partial charge in [-0.15, -0.1) is 0 Å². The Morgan fingerprint density at radius 3 is 2.26 bits per heavy atom. The zero-order valence-electron chi connectivity index (χ0n) is 18.3. The van der Waals surface area contributed by atoms with Crippen molar-refractivity contribution >= 4 is 33.2 Å². The lowest BCUT2D eigenvalue weighted by molar-refractivity contribution is 0.262. The van der Waals surface area contributed by atoms with Gasteiger partial charge < -0.3 is 15.5 Å². The lowest BCUT2D eigenvalue weighted by Crippen LogP contribution is -2.48. The number of rotatable bonds is 5. The van der Waals surface area contributed by atoms with Crippen molar-refractivity contribution in [3.05, 3.63) is 78.0 Å². The van der Waals surface area contributed by atoms with Crippen LogP contribution in [0.1, 0.15) is 5.56 Å². The number of amides is 2. The van der Waals surface area contributed by atoms with Gasteiger partial charge in [-0.3, -0.25) is 0 Å². The van der Waals surface area contributed by atoms with Gasteiger partial charge in [0.25, 0.3) is 0 Å². The average Bonchev–Trinajstić information content (AvgIpc) is 2.82. The van der Waals surface area contributed by atoms with Crippen LogP contribution in [-0.2, 0) is 10.0 Å². The molecule has 1 aliphatic rings. The smallest absolute Gasteiger partial charge is 0.323 e. The number of piperazine rings is 1. The number of anilines is 3. The summed E-state index contributed by atoms with van der Waals surface area (Å²) in [5.41, 5.74) is 1.22. The second kappa shape index (κ2) is 9.74. The average molecular weight is 488 g/mol. The summed E-state index contributed by atoms with van der Waals surface area (Å²) < 4.78 is 53.8. The molecule has 2 heterocycles. The molecule has 2 amide bonds. The van der Waals surface area contributed by atoms with Crippen LogP contribution in [0.4, 0.5) is 30.8 Å². The number of nitrogens with one attached hydrogen (secondary N) is 2. The fourth-order valence-electron chi connectivity index (χ4n) is 3.54. The Morgan fingerprint density at radius 1 is 0.941 bits per heavy atom. The standard InChI is InChI=1S/C23H23F2N5O3S/c1-16-2-6-19(7-3-16)34(32,33)30-12-10-29(11-13-30)22-9-5-18(15-26-22)27-23(31)28-21-8-4-17(24)14-20(21)25/h2-9,14-15H,10-13H2,1H3,(H2,27,28,31). The van der Waals surface area contributed by atoms with Gasteiger partial charge in [-0.1, -0.05) is 17.7 Å². The Kier molecular flexibility index (Phi) is 6.75.